The molecule has 16 aliphatic heterocycles. The number of halogens is 9. The smallest absolute Gasteiger partial charge is 0.305 e. The van der Waals surface area contributed by atoms with Crippen LogP contribution in [0.1, 0.15) is 191 Å². The number of carbonyl (C=O) groups is 6. The molecule has 0 amide bonds. The molecule has 16 fully saturated rings. The standard InChI is InChI=1S/C12H17FO5.2C11H17FO3.C10H17FO4.C10H15FO4.C9H15FO5.C9H13FO5.C8H13FO4.C8H11FO4/c1-5-12(6-2)10(13)9(16-7(3)14)11(18-12)17-8(4)15;1-5-11(6-2)8(12)7-9(15-11)14-10(3,4)13-7;1-5-11(6-2)10(12)9(7(3)15-11)14-8(4)13;2*1-4-10(5-12)7(11)6-8(15-10)14-9(2,3)13-6;2*1-8(2)13-5-6(10)9(3-11,4-12)15-7(5)14-8;2*1-8(2)12-6-5(9)4(3-10)11-7(6)13-8/h5,9-11H,1,6H2,2-4H3;5,7-9H,1,6H2,2-4H3;5,7,9-10H,1,6H2,2-4H3;6-8,12H,4-5H2,1-3H3;5-8H,4H2,1-3H3;5-7,11-12H,3-4H2,1-2H3;3,5-7,12H,4H2,1-2H3;4-7,10H,3H2,1-2H3;3-7H,1-2H3/t9-,10+,11?,12-;7-,8+,9+,11-;7-,9-,10-,11+;2*6-,7+,8+,10+;5-,6+,7+;5-,6+,7+,9+;2*4-,5-,6-,7-/m110111111/s1. The van der Waals surface area contributed by atoms with E-state index in [1.165, 1.54) is 32.1 Å². The van der Waals surface area contributed by atoms with E-state index in [0.29, 0.717) is 31.8 Å². The molecule has 16 aliphatic rings. The first-order valence-corrected chi connectivity index (χ1v) is 44.3. The van der Waals surface area contributed by atoms with Gasteiger partial charge >= 0.3 is 17.9 Å². The Balaban J connectivity index is 0.000000186. The van der Waals surface area contributed by atoms with Gasteiger partial charge in [-0.15, -0.1) is 19.7 Å². The summed E-state index contributed by atoms with van der Waals surface area (Å²) in [6.07, 6.45) is -22.1. The fraction of sp³-hybridized carbons (Fsp3) is 0.864. The van der Waals surface area contributed by atoms with E-state index in [0.717, 1.165) is 6.92 Å². The maximum atomic E-state index is 14.3. The van der Waals surface area contributed by atoms with E-state index in [4.69, 9.17) is 144 Å². The minimum atomic E-state index is -1.84. The number of hydrogen-bond donors (Lipinski definition) is 5. The summed E-state index contributed by atoms with van der Waals surface area (Å²) in [4.78, 5) is 64.6. The molecule has 0 radical (unpaired) electrons. The number of esters is 3. The second-order valence-electron chi connectivity index (χ2n) is 37.4. The van der Waals surface area contributed by atoms with Crippen LogP contribution in [0.4, 0.5) is 39.5 Å². The second kappa shape index (κ2) is 43.8. The maximum Gasteiger partial charge on any atom is 0.305 e. The molecule has 16 rings (SSSR count). The van der Waals surface area contributed by atoms with Gasteiger partial charge in [0.25, 0.3) is 0 Å². The van der Waals surface area contributed by atoms with E-state index in [1.807, 2.05) is 13.8 Å². The van der Waals surface area contributed by atoms with Crippen LogP contribution >= 0.6 is 0 Å². The van der Waals surface area contributed by atoms with Crippen molar-refractivity contribution in [3.63, 3.8) is 0 Å². The number of aliphatic hydroxyl groups is 5. The molecule has 134 heavy (non-hydrogen) atoms. The number of aliphatic hydroxyl groups excluding tert-OH is 5. The van der Waals surface area contributed by atoms with Crippen LogP contribution in [0.15, 0.2) is 38.0 Å². The Hall–Kier alpha value is -5.11. The quantitative estimate of drug-likeness (QED) is 0.0271. The van der Waals surface area contributed by atoms with E-state index < -0.39 is 297 Å². The number of alkyl halides is 9. The number of ether oxygens (including phenoxy) is 26. The summed E-state index contributed by atoms with van der Waals surface area (Å²) in [5.74, 6) is -7.65. The third kappa shape index (κ3) is 24.3. The highest BCUT2D eigenvalue weighted by Crippen LogP contribution is 2.52. The van der Waals surface area contributed by atoms with Crippen molar-refractivity contribution in [2.45, 2.75) is 450 Å². The van der Waals surface area contributed by atoms with Crippen molar-refractivity contribution in [2.24, 2.45) is 0 Å². The highest BCUT2D eigenvalue weighted by molar-refractivity contribution is 5.68. The Morgan fingerprint density at radius 3 is 0.933 bits per heavy atom. The van der Waals surface area contributed by atoms with E-state index >= 15 is 0 Å². The first-order valence-electron chi connectivity index (χ1n) is 44.3. The van der Waals surface area contributed by atoms with Crippen molar-refractivity contribution in [2.75, 3.05) is 33.0 Å². The minimum absolute atomic E-state index is 0.260. The lowest BCUT2D eigenvalue weighted by Gasteiger charge is -2.30. The molecule has 772 valence electrons. The minimum Gasteiger partial charge on any atom is -0.457 e. The summed E-state index contributed by atoms with van der Waals surface area (Å²) >= 11 is 0. The molecule has 0 aromatic heterocycles. The van der Waals surface area contributed by atoms with Crippen molar-refractivity contribution < 1.29 is 217 Å². The summed E-state index contributed by atoms with van der Waals surface area (Å²) in [6.45, 7) is 45.9. The number of hydrogen-bond acceptors (Lipinski definition) is 37. The molecule has 16 saturated heterocycles. The third-order valence-electron chi connectivity index (χ3n) is 24.5. The molecule has 46 heteroatoms. The SMILES string of the molecule is C=C[C@]1(CC)OC(OC(C)=O)[C@H](OC(C)=O)[C@@H]1F.C=C[C@]1(CC)O[C@@H](C)[C@H](OC(C)=O)[C@@H]1F.C=C[C@]1(CC)O[C@@H]2OC(C)(C)O[C@@H]2[C@@H]1F.CC1(C)O[C@H]2OC(CO)(CO)[C@@H](F)[C@H]2O1.CC1(C)O[C@H]2O[C@@](C=O)(CO)[C@@H](F)[C@H]2O1.CC1(C)O[C@H]2O[C@H](C=O)[C@@H](F)[C@H]2O1.CC1(C)O[C@H]2O[C@H](CO)[C@@H](F)[C@H]2O1.CC[C@@]1(C=O)O[C@@H]2OC(C)(C)O[C@@H]2[C@@H]1F.CC[C@@]1(CO)O[C@@H]2OC(C)(C)O[C@@H]2[C@@H]1F. The fourth-order valence-corrected chi connectivity index (χ4v) is 17.3. The van der Waals surface area contributed by atoms with Crippen LogP contribution < -0.4 is 0 Å². The van der Waals surface area contributed by atoms with Crippen molar-refractivity contribution >= 4 is 36.8 Å². The molecular formula is C88H135F9O37. The lowest BCUT2D eigenvalue weighted by atomic mass is 9.93. The lowest BCUT2D eigenvalue weighted by molar-refractivity contribution is -0.246. The fourth-order valence-electron chi connectivity index (χ4n) is 17.3. The van der Waals surface area contributed by atoms with Crippen molar-refractivity contribution in [1.29, 1.82) is 0 Å². The molecule has 1 unspecified atom stereocenters. The van der Waals surface area contributed by atoms with Crippen molar-refractivity contribution in [1.82, 2.24) is 0 Å². The molecule has 0 bridgehead atoms. The molecule has 0 aliphatic carbocycles. The van der Waals surface area contributed by atoms with Crippen LogP contribution in [-0.4, -0.2) is 354 Å². The summed E-state index contributed by atoms with van der Waals surface area (Å²) in [6, 6.07) is 0. The zero-order valence-corrected chi connectivity index (χ0v) is 79.6. The number of rotatable bonds is 19. The maximum absolute atomic E-state index is 14.3. The van der Waals surface area contributed by atoms with Gasteiger partial charge in [0.1, 0.15) is 77.3 Å². The van der Waals surface area contributed by atoms with E-state index in [2.05, 4.69) is 19.7 Å². The summed E-state index contributed by atoms with van der Waals surface area (Å²) in [7, 11) is 0. The van der Waals surface area contributed by atoms with Gasteiger partial charge in [-0.1, -0.05) is 52.8 Å². The molecule has 5 N–H and O–H groups in total. The Morgan fingerprint density at radius 2 is 0.619 bits per heavy atom. The van der Waals surface area contributed by atoms with Crippen LogP contribution in [0.25, 0.3) is 0 Å². The zero-order valence-electron chi connectivity index (χ0n) is 79.6. The average Bonchev–Trinajstić information content (AvgIpc) is 1.59. The van der Waals surface area contributed by atoms with Gasteiger partial charge in [0.15, 0.2) is 188 Å². The van der Waals surface area contributed by atoms with E-state index in [-0.39, 0.29) is 32.3 Å². The average molecular weight is 1960 g/mol. The first-order chi connectivity index (χ1) is 62.1. The molecule has 16 heterocycles. The molecule has 37 nitrogen and oxygen atoms in total. The van der Waals surface area contributed by atoms with E-state index in [1.54, 1.807) is 125 Å². The Morgan fingerprint density at radius 1 is 0.321 bits per heavy atom. The molecular weight excluding hydrogens is 1820 g/mol. The van der Waals surface area contributed by atoms with Crippen LogP contribution in [0.5, 0.6) is 0 Å². The predicted octanol–water partition coefficient (Wildman–Crippen LogP) is 7.75. The van der Waals surface area contributed by atoms with Crippen LogP contribution in [0, 0.1) is 0 Å². The summed E-state index contributed by atoms with van der Waals surface area (Å²) in [5, 5.41) is 45.0. The molecule has 0 aromatic rings. The first kappa shape index (κ1) is 114. The van der Waals surface area contributed by atoms with Gasteiger partial charge in [-0.3, -0.25) is 19.2 Å². The predicted molar refractivity (Wildman–Crippen MR) is 439 cm³/mol. The van der Waals surface area contributed by atoms with Crippen LogP contribution in [-0.2, 0) is 152 Å². The summed E-state index contributed by atoms with van der Waals surface area (Å²) < 4.78 is 262. The number of carbonyl (C=O) groups excluding carboxylic acids is 6. The van der Waals surface area contributed by atoms with Gasteiger partial charge < -0.3 is 158 Å². The Kier molecular flexibility index (Phi) is 37.3. The van der Waals surface area contributed by atoms with E-state index in [9.17, 15) is 73.4 Å². The van der Waals surface area contributed by atoms with Gasteiger partial charge in [-0.2, -0.15) is 0 Å². The summed E-state index contributed by atoms with van der Waals surface area (Å²) in [5.41, 5.74) is -9.28. The van der Waals surface area contributed by atoms with Gasteiger partial charge in [-0.25, -0.2) is 39.5 Å². The topological polar surface area (TPSA) is 444 Å². The highest BCUT2D eigenvalue weighted by atomic mass is 19.2. The van der Waals surface area contributed by atoms with Crippen LogP contribution in [0.3, 0.4) is 0 Å². The van der Waals surface area contributed by atoms with Crippen molar-refractivity contribution in [3.05, 3.63) is 38.0 Å². The molecule has 0 spiro atoms. The Bertz CT molecular complexity index is 3760. The lowest BCUT2D eigenvalue weighted by Crippen LogP contribution is -2.48. The second-order valence-corrected chi connectivity index (χ2v) is 37.4. The normalized spacial score (nSPS) is 44.6. The van der Waals surface area contributed by atoms with Crippen LogP contribution in [0.2, 0.25) is 0 Å². The largest absolute Gasteiger partial charge is 0.457 e. The number of aldehydes is 3. The van der Waals surface area contributed by atoms with Gasteiger partial charge in [0, 0.05) is 20.8 Å². The third-order valence-corrected chi connectivity index (χ3v) is 24.5. The van der Waals surface area contributed by atoms with Gasteiger partial charge in [0.2, 0.25) is 6.29 Å². The van der Waals surface area contributed by atoms with Crippen molar-refractivity contribution in [3.8, 4) is 0 Å². The van der Waals surface area contributed by atoms with Gasteiger partial charge in [-0.05, 0) is 136 Å². The number of fused-ring (bicyclic) bond motifs is 7. The highest BCUT2D eigenvalue weighted by Gasteiger charge is 2.69. The molecule has 35 atom stereocenters. The zero-order chi connectivity index (χ0) is 101. The molecule has 0 saturated carbocycles. The molecule has 0 aromatic carbocycles. The Labute approximate surface area is 772 Å². The van der Waals surface area contributed by atoms with Gasteiger partial charge in [0.05, 0.1) is 39.1 Å². The monoisotopic (exact) mass is 1950 g/mol.